The van der Waals surface area contributed by atoms with Crippen molar-refractivity contribution < 1.29 is 51.4 Å². The van der Waals surface area contributed by atoms with Crippen molar-refractivity contribution in [1.29, 1.82) is 0 Å². The molecule has 5 heterocycles. The van der Waals surface area contributed by atoms with E-state index in [4.69, 9.17) is 31.5 Å². The van der Waals surface area contributed by atoms with Crippen molar-refractivity contribution >= 4 is 52.9 Å². The molecule has 20 heteroatoms. The number of likely N-dealkylation sites (tertiary alicyclic amines) is 2. The largest absolute Gasteiger partial charge is 0.457 e. The monoisotopic (exact) mass is 890 g/mol. The second-order valence-electron chi connectivity index (χ2n) is 16.3. The number of nitrogens with one attached hydrogen (secondary N) is 1. The van der Waals surface area contributed by atoms with Gasteiger partial charge in [-0.15, -0.1) is 0 Å². The molecule has 338 valence electrons. The normalized spacial score (nSPS) is 20.5. The van der Waals surface area contributed by atoms with Crippen molar-refractivity contribution in [3.05, 3.63) is 58.1 Å². The lowest BCUT2D eigenvalue weighted by Crippen LogP contribution is -2.57. The Bertz CT molecular complexity index is 1950. The van der Waals surface area contributed by atoms with Gasteiger partial charge in [0.25, 0.3) is 5.91 Å². The third kappa shape index (κ3) is 11.0. The van der Waals surface area contributed by atoms with E-state index in [1.165, 1.54) is 15.9 Å². The molecular weight excluding hydrogens is 837 g/mol. The molecule has 4 fully saturated rings. The number of piperazine rings is 1. The predicted molar refractivity (Wildman–Crippen MR) is 221 cm³/mol. The molecule has 1 atom stereocenters. The number of anilines is 2. The van der Waals surface area contributed by atoms with E-state index in [9.17, 15) is 37.1 Å². The number of rotatable bonds is 9. The van der Waals surface area contributed by atoms with Crippen LogP contribution in [0.25, 0.3) is 0 Å². The van der Waals surface area contributed by atoms with Crippen LogP contribution in [0.2, 0.25) is 5.02 Å². The number of alkyl halides is 3. The standard InChI is InChI=1S/C42H54ClF3N8O8/c43-33-26-28(25-32(36(33)47)42(44,45)46)27-35(62-41(59)53-12-8-31(9-13-53)54-14-5-29-3-1-2-4-34(29)48-40(54)58)37(55)52-17-15-50(16-18-52)30-6-10-51(11-7-30)38(56)39(57)61-24-21-49-19-22-60-23-20-49/h1-4,25-26,30-31,35H,5-24,27,47H2,(H,48,58)/t35-/m1/s1. The van der Waals surface area contributed by atoms with E-state index >= 15 is 0 Å². The van der Waals surface area contributed by atoms with Crippen molar-refractivity contribution in [3.63, 3.8) is 0 Å². The summed E-state index contributed by atoms with van der Waals surface area (Å²) in [6, 6.07) is 9.44. The Kier molecular flexibility index (Phi) is 14.7. The molecule has 3 N–H and O–H groups in total. The smallest absolute Gasteiger partial charge is 0.418 e. The van der Waals surface area contributed by atoms with Gasteiger partial charge in [-0.2, -0.15) is 13.2 Å². The fourth-order valence-corrected chi connectivity index (χ4v) is 9.18. The zero-order valence-corrected chi connectivity index (χ0v) is 35.3. The van der Waals surface area contributed by atoms with Crippen LogP contribution in [0.5, 0.6) is 0 Å². The molecule has 0 aliphatic carbocycles. The van der Waals surface area contributed by atoms with E-state index < -0.39 is 47.4 Å². The second kappa shape index (κ2) is 20.1. The lowest BCUT2D eigenvalue weighted by atomic mass is 10.0. The fraction of sp³-hybridized carbons (Fsp3) is 0.595. The SMILES string of the molecule is Nc1c(Cl)cc(C[C@@H](OC(=O)N2CCC(N3CCc4ccccc4NC3=O)CC2)C(=O)N2CCN(C3CCN(C(=O)C(=O)OCCN4CCOCC4)CC3)CC2)cc1C(F)(F)F. The fourth-order valence-electron chi connectivity index (χ4n) is 8.94. The van der Waals surface area contributed by atoms with Gasteiger partial charge in [0, 0.05) is 103 Å². The van der Waals surface area contributed by atoms with Gasteiger partial charge in [0.15, 0.2) is 6.10 Å². The first-order chi connectivity index (χ1) is 29.7. The molecule has 2 aromatic rings. The lowest BCUT2D eigenvalue weighted by molar-refractivity contribution is -0.161. The molecule has 0 radical (unpaired) electrons. The highest BCUT2D eigenvalue weighted by molar-refractivity contribution is 6.33. The molecule has 4 saturated heterocycles. The van der Waals surface area contributed by atoms with Crippen LogP contribution in [0, 0.1) is 0 Å². The number of morpholine rings is 1. The van der Waals surface area contributed by atoms with Gasteiger partial charge in [-0.25, -0.2) is 14.4 Å². The van der Waals surface area contributed by atoms with Crippen molar-refractivity contribution in [2.75, 3.05) is 109 Å². The zero-order valence-electron chi connectivity index (χ0n) is 34.6. The van der Waals surface area contributed by atoms with Crippen molar-refractivity contribution in [1.82, 2.24) is 29.4 Å². The van der Waals surface area contributed by atoms with E-state index in [0.717, 1.165) is 30.4 Å². The first-order valence-corrected chi connectivity index (χ1v) is 21.7. The van der Waals surface area contributed by atoms with Crippen LogP contribution in [0.15, 0.2) is 36.4 Å². The summed E-state index contributed by atoms with van der Waals surface area (Å²) >= 11 is 6.14. The average molecular weight is 891 g/mol. The summed E-state index contributed by atoms with van der Waals surface area (Å²) in [7, 11) is 0. The Balaban J connectivity index is 0.934. The number of carbonyl (C=O) groups is 5. The average Bonchev–Trinajstić information content (AvgIpc) is 3.44. The molecule has 62 heavy (non-hydrogen) atoms. The summed E-state index contributed by atoms with van der Waals surface area (Å²) < 4.78 is 58.3. The Hall–Kier alpha value is -4.85. The molecule has 7 rings (SSSR count). The molecule has 16 nitrogen and oxygen atoms in total. The van der Waals surface area contributed by atoms with E-state index in [2.05, 4.69) is 15.1 Å². The van der Waals surface area contributed by atoms with Gasteiger partial charge in [-0.05, 0) is 61.4 Å². The number of para-hydroxylation sites is 1. The molecule has 0 saturated carbocycles. The quantitative estimate of drug-likeness (QED) is 0.215. The van der Waals surface area contributed by atoms with Crippen LogP contribution in [0.3, 0.4) is 0 Å². The number of fused-ring (bicyclic) bond motifs is 1. The van der Waals surface area contributed by atoms with Crippen LogP contribution in [0.1, 0.15) is 42.4 Å². The summed E-state index contributed by atoms with van der Waals surface area (Å²) in [5.74, 6) is -2.08. The van der Waals surface area contributed by atoms with Gasteiger partial charge in [-0.3, -0.25) is 19.4 Å². The van der Waals surface area contributed by atoms with Crippen molar-refractivity contribution in [2.24, 2.45) is 0 Å². The Morgan fingerprint density at radius 1 is 0.855 bits per heavy atom. The van der Waals surface area contributed by atoms with E-state index in [0.29, 0.717) is 84.6 Å². The van der Waals surface area contributed by atoms with E-state index in [1.807, 2.05) is 24.3 Å². The number of benzene rings is 2. The van der Waals surface area contributed by atoms with Gasteiger partial charge in [0.2, 0.25) is 0 Å². The number of amides is 5. The van der Waals surface area contributed by atoms with Crippen LogP contribution in [-0.4, -0.2) is 176 Å². The first kappa shape index (κ1) is 45.2. The number of nitrogens with two attached hydrogens (primary N) is 1. The molecule has 0 bridgehead atoms. The maximum absolute atomic E-state index is 14.2. The van der Waals surface area contributed by atoms with Gasteiger partial charge < -0.3 is 44.9 Å². The molecule has 0 unspecified atom stereocenters. The second-order valence-corrected chi connectivity index (χ2v) is 16.7. The molecule has 5 amide bonds. The number of nitrogens with zero attached hydrogens (tertiary/aromatic N) is 6. The summed E-state index contributed by atoms with van der Waals surface area (Å²) in [5, 5.41) is 2.64. The number of esters is 1. The minimum atomic E-state index is -4.82. The minimum Gasteiger partial charge on any atom is -0.457 e. The number of nitrogen functional groups attached to an aromatic ring is 1. The highest BCUT2D eigenvalue weighted by atomic mass is 35.5. The predicted octanol–water partition coefficient (Wildman–Crippen LogP) is 3.55. The maximum Gasteiger partial charge on any atom is 0.418 e. The van der Waals surface area contributed by atoms with Gasteiger partial charge in [0.05, 0.1) is 29.5 Å². The maximum atomic E-state index is 14.2. The number of ether oxygens (including phenoxy) is 3. The molecule has 0 aromatic heterocycles. The lowest BCUT2D eigenvalue weighted by Gasteiger charge is -2.43. The number of hydrogen-bond acceptors (Lipinski definition) is 11. The van der Waals surface area contributed by atoms with Crippen molar-refractivity contribution in [3.8, 4) is 0 Å². The highest BCUT2D eigenvalue weighted by Gasteiger charge is 2.39. The molecule has 5 aliphatic rings. The number of hydrogen-bond donors (Lipinski definition) is 2. The third-order valence-electron chi connectivity index (χ3n) is 12.6. The Labute approximate surface area is 363 Å². The van der Waals surface area contributed by atoms with Crippen LogP contribution >= 0.6 is 11.6 Å². The van der Waals surface area contributed by atoms with E-state index in [-0.39, 0.29) is 67.9 Å². The van der Waals surface area contributed by atoms with Crippen LogP contribution in [0.4, 0.5) is 34.1 Å². The minimum absolute atomic E-state index is 0.0236. The van der Waals surface area contributed by atoms with Gasteiger partial charge in [-0.1, -0.05) is 29.8 Å². The van der Waals surface area contributed by atoms with Gasteiger partial charge >= 0.3 is 30.2 Å². The van der Waals surface area contributed by atoms with Crippen molar-refractivity contribution in [2.45, 2.75) is 62.9 Å². The number of piperidine rings is 2. The Morgan fingerprint density at radius 3 is 2.21 bits per heavy atom. The molecule has 5 aliphatic heterocycles. The zero-order chi connectivity index (χ0) is 44.0. The molecule has 0 spiro atoms. The molecule has 2 aromatic carbocycles. The Morgan fingerprint density at radius 2 is 1.52 bits per heavy atom. The number of halogens is 4. The van der Waals surface area contributed by atoms with Crippen LogP contribution in [-0.2, 0) is 47.6 Å². The number of carbonyl (C=O) groups excluding carboxylic acids is 5. The number of urea groups is 1. The van der Waals surface area contributed by atoms with Crippen LogP contribution < -0.4 is 11.1 Å². The molecular formula is C42H54ClF3N8O8. The van der Waals surface area contributed by atoms with Gasteiger partial charge in [0.1, 0.15) is 6.61 Å². The van der Waals surface area contributed by atoms with E-state index in [1.54, 1.807) is 9.80 Å². The highest BCUT2D eigenvalue weighted by Crippen LogP contribution is 2.38. The summed E-state index contributed by atoms with van der Waals surface area (Å²) in [6.45, 7) is 6.64. The summed E-state index contributed by atoms with van der Waals surface area (Å²) in [4.78, 5) is 77.0. The summed E-state index contributed by atoms with van der Waals surface area (Å²) in [6.07, 6.45) is -4.60. The first-order valence-electron chi connectivity index (χ1n) is 21.3. The summed E-state index contributed by atoms with van der Waals surface area (Å²) in [5.41, 5.74) is 5.72. The topological polar surface area (TPSA) is 171 Å². The third-order valence-corrected chi connectivity index (χ3v) is 12.9.